The highest BCUT2D eigenvalue weighted by Crippen LogP contribution is 2.46. The van der Waals surface area contributed by atoms with E-state index in [9.17, 15) is 0 Å². The monoisotopic (exact) mass is 442 g/mol. The maximum Gasteiger partial charge on any atom is 0.118 e. The molecule has 0 saturated carbocycles. The Balaban J connectivity index is 1.86. The number of methoxy groups -OCH3 is 2. The summed E-state index contributed by atoms with van der Waals surface area (Å²) in [6, 6.07) is 42.3. The highest BCUT2D eigenvalue weighted by molar-refractivity contribution is 6.01. The standard InChI is InChI=1S/C32H26O2/c1-33-27-17-13-25(14-18-27)31-29(23-9-5-3-6-10-23)21-22-30(24-11-7-4-8-12-24)32(31)26-15-19-28(34-2)20-16-26/h3-22H,1-2H3. The lowest BCUT2D eigenvalue weighted by Gasteiger charge is -2.21. The van der Waals surface area contributed by atoms with Crippen LogP contribution < -0.4 is 9.47 Å². The van der Waals surface area contributed by atoms with E-state index in [1.807, 2.05) is 24.3 Å². The fourth-order valence-electron chi connectivity index (χ4n) is 4.43. The summed E-state index contributed by atoms with van der Waals surface area (Å²) in [5, 5.41) is 0. The van der Waals surface area contributed by atoms with Crippen molar-refractivity contribution in [1.82, 2.24) is 0 Å². The van der Waals surface area contributed by atoms with Gasteiger partial charge in [-0.25, -0.2) is 0 Å². The molecule has 5 aromatic carbocycles. The summed E-state index contributed by atoms with van der Waals surface area (Å²) in [7, 11) is 3.40. The predicted molar refractivity (Wildman–Crippen MR) is 141 cm³/mol. The SMILES string of the molecule is COc1ccc(-c2c(-c3ccccc3)ccc(-c3ccccc3)c2-c2ccc(OC)cc2)cc1. The smallest absolute Gasteiger partial charge is 0.118 e. The molecule has 0 bridgehead atoms. The zero-order valence-electron chi connectivity index (χ0n) is 19.4. The second-order valence-corrected chi connectivity index (χ2v) is 8.10. The minimum absolute atomic E-state index is 0.843. The molecule has 0 amide bonds. The summed E-state index contributed by atoms with van der Waals surface area (Å²) in [6.07, 6.45) is 0. The molecular weight excluding hydrogens is 416 g/mol. The number of hydrogen-bond donors (Lipinski definition) is 0. The van der Waals surface area contributed by atoms with Crippen LogP contribution in [0, 0.1) is 0 Å². The van der Waals surface area contributed by atoms with Crippen molar-refractivity contribution in [3.63, 3.8) is 0 Å². The Labute approximate surface area is 201 Å². The molecule has 2 heteroatoms. The highest BCUT2D eigenvalue weighted by atomic mass is 16.5. The third-order valence-electron chi connectivity index (χ3n) is 6.13. The van der Waals surface area contributed by atoms with Gasteiger partial charge in [-0.2, -0.15) is 0 Å². The summed E-state index contributed by atoms with van der Waals surface area (Å²) in [5.74, 6) is 1.69. The van der Waals surface area contributed by atoms with E-state index in [1.54, 1.807) is 14.2 Å². The lowest BCUT2D eigenvalue weighted by Crippen LogP contribution is -1.95. The van der Waals surface area contributed by atoms with Crippen LogP contribution >= 0.6 is 0 Å². The summed E-state index contributed by atoms with van der Waals surface area (Å²) in [5.41, 5.74) is 9.42. The summed E-state index contributed by atoms with van der Waals surface area (Å²) in [6.45, 7) is 0. The fourth-order valence-corrected chi connectivity index (χ4v) is 4.43. The van der Waals surface area contributed by atoms with Crippen molar-refractivity contribution in [3.05, 3.63) is 121 Å². The molecular formula is C32H26O2. The number of rotatable bonds is 6. The average Bonchev–Trinajstić information content (AvgIpc) is 2.93. The van der Waals surface area contributed by atoms with E-state index >= 15 is 0 Å². The van der Waals surface area contributed by atoms with Gasteiger partial charge in [0.1, 0.15) is 11.5 Å². The lowest BCUT2D eigenvalue weighted by molar-refractivity contribution is 0.414. The van der Waals surface area contributed by atoms with Crippen LogP contribution in [0.15, 0.2) is 121 Å². The van der Waals surface area contributed by atoms with E-state index < -0.39 is 0 Å². The van der Waals surface area contributed by atoms with Gasteiger partial charge in [0.15, 0.2) is 0 Å². The van der Waals surface area contributed by atoms with Crippen molar-refractivity contribution in [2.75, 3.05) is 14.2 Å². The minimum atomic E-state index is 0.843. The fraction of sp³-hybridized carbons (Fsp3) is 0.0625. The Hall–Kier alpha value is -4.30. The van der Waals surface area contributed by atoms with Crippen LogP contribution in [0.3, 0.4) is 0 Å². The molecule has 34 heavy (non-hydrogen) atoms. The van der Waals surface area contributed by atoms with Gasteiger partial charge in [0, 0.05) is 0 Å². The first-order valence-corrected chi connectivity index (χ1v) is 11.3. The normalized spacial score (nSPS) is 10.6. The van der Waals surface area contributed by atoms with Gasteiger partial charge in [0.2, 0.25) is 0 Å². The van der Waals surface area contributed by atoms with Gasteiger partial charge in [-0.15, -0.1) is 0 Å². The molecule has 0 spiro atoms. The van der Waals surface area contributed by atoms with Crippen molar-refractivity contribution < 1.29 is 9.47 Å². The maximum absolute atomic E-state index is 5.44. The third kappa shape index (κ3) is 4.18. The molecule has 0 N–H and O–H groups in total. The molecule has 166 valence electrons. The Morgan fingerprint density at radius 1 is 0.353 bits per heavy atom. The van der Waals surface area contributed by atoms with E-state index in [-0.39, 0.29) is 0 Å². The first-order chi connectivity index (χ1) is 16.8. The number of hydrogen-bond acceptors (Lipinski definition) is 2. The highest BCUT2D eigenvalue weighted by Gasteiger charge is 2.19. The van der Waals surface area contributed by atoms with E-state index in [0.717, 1.165) is 22.6 Å². The molecule has 0 fully saturated rings. The van der Waals surface area contributed by atoms with Gasteiger partial charge >= 0.3 is 0 Å². The zero-order chi connectivity index (χ0) is 23.3. The minimum Gasteiger partial charge on any atom is -0.497 e. The van der Waals surface area contributed by atoms with Crippen LogP contribution in [0.5, 0.6) is 11.5 Å². The molecule has 0 heterocycles. The van der Waals surface area contributed by atoms with Crippen molar-refractivity contribution in [2.24, 2.45) is 0 Å². The Morgan fingerprint density at radius 2 is 0.706 bits per heavy atom. The summed E-state index contributed by atoms with van der Waals surface area (Å²) >= 11 is 0. The first kappa shape index (κ1) is 21.5. The van der Waals surface area contributed by atoms with Crippen LogP contribution in [0.4, 0.5) is 0 Å². The van der Waals surface area contributed by atoms with Gasteiger partial charge in [0.05, 0.1) is 14.2 Å². The molecule has 5 aromatic rings. The zero-order valence-corrected chi connectivity index (χ0v) is 19.4. The molecule has 0 aliphatic carbocycles. The van der Waals surface area contributed by atoms with Gasteiger partial charge < -0.3 is 9.47 Å². The second kappa shape index (κ2) is 9.68. The third-order valence-corrected chi connectivity index (χ3v) is 6.13. The van der Waals surface area contributed by atoms with E-state index in [0.29, 0.717) is 0 Å². The molecule has 0 aromatic heterocycles. The van der Waals surface area contributed by atoms with Gasteiger partial charge in [-0.05, 0) is 68.8 Å². The number of benzene rings is 5. The Kier molecular flexibility index (Phi) is 6.13. The molecule has 5 rings (SSSR count). The topological polar surface area (TPSA) is 18.5 Å². The van der Waals surface area contributed by atoms with Crippen molar-refractivity contribution in [1.29, 1.82) is 0 Å². The maximum atomic E-state index is 5.44. The van der Waals surface area contributed by atoms with E-state index in [1.165, 1.54) is 33.4 Å². The molecule has 0 saturated heterocycles. The van der Waals surface area contributed by atoms with Crippen molar-refractivity contribution >= 4 is 0 Å². The Bertz CT molecular complexity index is 1260. The molecule has 0 atom stereocenters. The van der Waals surface area contributed by atoms with Crippen LogP contribution in [0.25, 0.3) is 44.5 Å². The van der Waals surface area contributed by atoms with Crippen LogP contribution in [0.2, 0.25) is 0 Å². The van der Waals surface area contributed by atoms with Crippen molar-refractivity contribution in [2.45, 2.75) is 0 Å². The van der Waals surface area contributed by atoms with Gasteiger partial charge in [-0.3, -0.25) is 0 Å². The van der Waals surface area contributed by atoms with Crippen molar-refractivity contribution in [3.8, 4) is 56.0 Å². The lowest BCUT2D eigenvalue weighted by atomic mass is 9.83. The summed E-state index contributed by atoms with van der Waals surface area (Å²) < 4.78 is 10.9. The first-order valence-electron chi connectivity index (χ1n) is 11.3. The van der Waals surface area contributed by atoms with Crippen LogP contribution in [-0.2, 0) is 0 Å². The molecule has 0 unspecified atom stereocenters. The van der Waals surface area contributed by atoms with E-state index in [4.69, 9.17) is 9.47 Å². The molecule has 2 nitrogen and oxygen atoms in total. The van der Waals surface area contributed by atoms with Crippen LogP contribution in [-0.4, -0.2) is 14.2 Å². The van der Waals surface area contributed by atoms with Gasteiger partial charge in [-0.1, -0.05) is 97.1 Å². The predicted octanol–water partition coefficient (Wildman–Crippen LogP) is 8.37. The Morgan fingerprint density at radius 3 is 1.03 bits per heavy atom. The molecule has 0 radical (unpaired) electrons. The largest absolute Gasteiger partial charge is 0.497 e. The molecule has 0 aliphatic rings. The van der Waals surface area contributed by atoms with Gasteiger partial charge in [0.25, 0.3) is 0 Å². The quantitative estimate of drug-likeness (QED) is 0.263. The number of ether oxygens (including phenoxy) is 2. The molecule has 0 aliphatic heterocycles. The summed E-state index contributed by atoms with van der Waals surface area (Å²) in [4.78, 5) is 0. The van der Waals surface area contributed by atoms with E-state index in [2.05, 4.69) is 97.1 Å². The average molecular weight is 443 g/mol. The second-order valence-electron chi connectivity index (χ2n) is 8.10. The van der Waals surface area contributed by atoms with Crippen LogP contribution in [0.1, 0.15) is 0 Å².